The van der Waals surface area contributed by atoms with E-state index in [2.05, 4.69) is 20.6 Å². The number of hydrogen-bond acceptors (Lipinski definition) is 6. The maximum absolute atomic E-state index is 11.9. The molecule has 0 aliphatic carbocycles. The lowest BCUT2D eigenvalue weighted by Crippen LogP contribution is -2.28. The average molecular weight is 326 g/mol. The molecular formula is C16H14N4O4. The van der Waals surface area contributed by atoms with E-state index in [0.29, 0.717) is 11.4 Å². The Morgan fingerprint density at radius 1 is 0.750 bits per heavy atom. The molecule has 4 amide bonds. The molecule has 0 saturated carbocycles. The molecule has 0 spiro atoms. The third kappa shape index (κ3) is 4.29. The van der Waals surface area contributed by atoms with Gasteiger partial charge in [-0.2, -0.15) is 0 Å². The van der Waals surface area contributed by atoms with Crippen molar-refractivity contribution in [2.45, 2.75) is 13.8 Å². The predicted molar refractivity (Wildman–Crippen MR) is 83.8 cm³/mol. The van der Waals surface area contributed by atoms with Crippen molar-refractivity contribution in [3.05, 3.63) is 47.8 Å². The molecular weight excluding hydrogens is 312 g/mol. The Kier molecular flexibility index (Phi) is 5.10. The molecule has 2 aromatic rings. The van der Waals surface area contributed by atoms with E-state index < -0.39 is 23.6 Å². The van der Waals surface area contributed by atoms with Gasteiger partial charge in [0.25, 0.3) is 11.8 Å². The zero-order valence-corrected chi connectivity index (χ0v) is 13.0. The number of nitrogens with zero attached hydrogens (tertiary/aromatic N) is 2. The number of hydrogen-bond donors (Lipinski definition) is 2. The van der Waals surface area contributed by atoms with E-state index in [0.717, 1.165) is 0 Å². The molecule has 2 rings (SSSR count). The van der Waals surface area contributed by atoms with Crippen LogP contribution in [-0.4, -0.2) is 33.6 Å². The van der Waals surface area contributed by atoms with E-state index in [1.165, 1.54) is 50.5 Å². The Bertz CT molecular complexity index is 763. The van der Waals surface area contributed by atoms with Gasteiger partial charge < -0.3 is 0 Å². The van der Waals surface area contributed by atoms with Crippen molar-refractivity contribution in [1.29, 1.82) is 0 Å². The van der Waals surface area contributed by atoms with Crippen LogP contribution in [0.4, 0.5) is 0 Å². The van der Waals surface area contributed by atoms with Gasteiger partial charge in [0.2, 0.25) is 11.8 Å². The third-order valence-electron chi connectivity index (χ3n) is 2.89. The molecule has 2 heterocycles. The quantitative estimate of drug-likeness (QED) is 0.857. The average Bonchev–Trinajstić information content (AvgIpc) is 2.54. The number of aromatic nitrogens is 2. The van der Waals surface area contributed by atoms with Gasteiger partial charge in [-0.15, -0.1) is 0 Å². The fourth-order valence-corrected chi connectivity index (χ4v) is 1.89. The Balaban J connectivity index is 2.32. The van der Waals surface area contributed by atoms with Gasteiger partial charge >= 0.3 is 0 Å². The van der Waals surface area contributed by atoms with Crippen LogP contribution < -0.4 is 10.6 Å². The van der Waals surface area contributed by atoms with Crippen molar-refractivity contribution >= 4 is 23.6 Å². The molecule has 0 bridgehead atoms. The first-order valence-electron chi connectivity index (χ1n) is 6.93. The topological polar surface area (TPSA) is 118 Å². The Morgan fingerprint density at radius 2 is 1.12 bits per heavy atom. The Hall–Kier alpha value is -3.42. The van der Waals surface area contributed by atoms with Crippen molar-refractivity contribution in [1.82, 2.24) is 20.6 Å². The molecule has 0 unspecified atom stereocenters. The number of rotatable bonds is 3. The summed E-state index contributed by atoms with van der Waals surface area (Å²) in [7, 11) is 0. The maximum atomic E-state index is 11.9. The van der Waals surface area contributed by atoms with Gasteiger partial charge in [0.05, 0.1) is 11.4 Å². The first-order valence-corrected chi connectivity index (χ1v) is 6.93. The first kappa shape index (κ1) is 16.9. The Morgan fingerprint density at radius 3 is 1.46 bits per heavy atom. The molecule has 0 fully saturated rings. The lowest BCUT2D eigenvalue weighted by Gasteiger charge is -2.06. The highest BCUT2D eigenvalue weighted by Crippen LogP contribution is 2.17. The summed E-state index contributed by atoms with van der Waals surface area (Å²) in [4.78, 5) is 53.8. The predicted octanol–water partition coefficient (Wildman–Crippen LogP) is 0.696. The first-order chi connectivity index (χ1) is 11.4. The van der Waals surface area contributed by atoms with Gasteiger partial charge in [-0.05, 0) is 24.3 Å². The van der Waals surface area contributed by atoms with Crippen molar-refractivity contribution in [2.75, 3.05) is 0 Å². The van der Waals surface area contributed by atoms with Crippen LogP contribution in [0.2, 0.25) is 0 Å². The summed E-state index contributed by atoms with van der Waals surface area (Å²) in [5.41, 5.74) is 1.17. The highest BCUT2D eigenvalue weighted by Gasteiger charge is 2.12. The zero-order chi connectivity index (χ0) is 17.7. The second kappa shape index (κ2) is 7.23. The molecule has 0 aromatic carbocycles. The lowest BCUT2D eigenvalue weighted by molar-refractivity contribution is -0.119. The smallest absolute Gasteiger partial charge is 0.257 e. The van der Waals surface area contributed by atoms with Crippen LogP contribution >= 0.6 is 0 Å². The molecule has 2 aromatic heterocycles. The Labute approximate surface area is 137 Å². The van der Waals surface area contributed by atoms with Crippen molar-refractivity contribution in [3.8, 4) is 11.4 Å². The van der Waals surface area contributed by atoms with E-state index >= 15 is 0 Å². The number of pyridine rings is 2. The van der Waals surface area contributed by atoms with Gasteiger partial charge in [0.15, 0.2) is 0 Å². The molecule has 0 aliphatic heterocycles. The minimum absolute atomic E-state index is 0.232. The van der Waals surface area contributed by atoms with Crippen LogP contribution in [-0.2, 0) is 9.59 Å². The summed E-state index contributed by atoms with van der Waals surface area (Å²) < 4.78 is 0. The van der Waals surface area contributed by atoms with Crippen LogP contribution in [0, 0.1) is 0 Å². The van der Waals surface area contributed by atoms with Crippen molar-refractivity contribution in [2.24, 2.45) is 0 Å². The minimum atomic E-state index is -0.559. The summed E-state index contributed by atoms with van der Waals surface area (Å²) >= 11 is 0. The number of carbonyl (C=O) groups is 4. The zero-order valence-electron chi connectivity index (χ0n) is 13.0. The lowest BCUT2D eigenvalue weighted by atomic mass is 10.1. The van der Waals surface area contributed by atoms with Gasteiger partial charge in [-0.3, -0.25) is 39.8 Å². The van der Waals surface area contributed by atoms with E-state index in [9.17, 15) is 19.2 Å². The normalized spacial score (nSPS) is 9.92. The fourth-order valence-electron chi connectivity index (χ4n) is 1.89. The number of nitrogens with one attached hydrogen (secondary N) is 2. The fraction of sp³-hybridized carbons (Fsp3) is 0.125. The molecule has 2 N–H and O–H groups in total. The second-order valence-corrected chi connectivity index (χ2v) is 4.88. The number of imide groups is 2. The molecule has 0 aliphatic rings. The van der Waals surface area contributed by atoms with Crippen LogP contribution in [0.3, 0.4) is 0 Å². The summed E-state index contributed by atoms with van der Waals surface area (Å²) in [6.45, 7) is 2.47. The van der Waals surface area contributed by atoms with E-state index in [4.69, 9.17) is 0 Å². The van der Waals surface area contributed by atoms with Crippen LogP contribution in [0.1, 0.15) is 34.6 Å². The van der Waals surface area contributed by atoms with Crippen LogP contribution in [0.25, 0.3) is 11.4 Å². The summed E-state index contributed by atoms with van der Waals surface area (Å²) in [5, 5.41) is 4.32. The highest BCUT2D eigenvalue weighted by molar-refractivity contribution is 6.05. The van der Waals surface area contributed by atoms with Crippen molar-refractivity contribution < 1.29 is 19.2 Å². The monoisotopic (exact) mass is 326 g/mol. The molecule has 0 radical (unpaired) electrons. The van der Waals surface area contributed by atoms with Gasteiger partial charge in [-0.25, -0.2) is 0 Å². The standard InChI is InChI=1S/C16H14N4O4/c1-9(21)19-15(23)11-3-5-17-13(7-11)14-8-12(4-6-18-14)16(24)20-10(2)22/h3-8H,1-2H3,(H,19,21,23)(H,20,22,24). The van der Waals surface area contributed by atoms with Gasteiger partial charge in [0.1, 0.15) is 0 Å². The molecule has 8 nitrogen and oxygen atoms in total. The molecule has 8 heteroatoms. The molecule has 122 valence electrons. The third-order valence-corrected chi connectivity index (χ3v) is 2.89. The number of carbonyl (C=O) groups excluding carboxylic acids is 4. The summed E-state index contributed by atoms with van der Waals surface area (Å²) in [5.74, 6) is -2.06. The number of amides is 4. The largest absolute Gasteiger partial charge is 0.293 e. The summed E-state index contributed by atoms with van der Waals surface area (Å²) in [6.07, 6.45) is 2.79. The molecule has 24 heavy (non-hydrogen) atoms. The molecule has 0 atom stereocenters. The SMILES string of the molecule is CC(=O)NC(=O)c1ccnc(-c2cc(C(=O)NC(C)=O)ccn2)c1. The summed E-state index contributed by atoms with van der Waals surface area (Å²) in [6, 6.07) is 5.81. The van der Waals surface area contributed by atoms with Gasteiger partial charge in [0, 0.05) is 37.4 Å². The van der Waals surface area contributed by atoms with E-state index in [1.807, 2.05) is 0 Å². The molecule has 0 saturated heterocycles. The maximum Gasteiger partial charge on any atom is 0.257 e. The van der Waals surface area contributed by atoms with Crippen molar-refractivity contribution in [3.63, 3.8) is 0 Å². The second-order valence-electron chi connectivity index (χ2n) is 4.88. The van der Waals surface area contributed by atoms with E-state index in [-0.39, 0.29) is 11.1 Å². The van der Waals surface area contributed by atoms with Crippen LogP contribution in [0.5, 0.6) is 0 Å². The minimum Gasteiger partial charge on any atom is -0.293 e. The van der Waals surface area contributed by atoms with E-state index in [1.54, 1.807) is 0 Å². The van der Waals surface area contributed by atoms with Gasteiger partial charge in [-0.1, -0.05) is 0 Å². The van der Waals surface area contributed by atoms with Crippen LogP contribution in [0.15, 0.2) is 36.7 Å². The highest BCUT2D eigenvalue weighted by atomic mass is 16.2.